The van der Waals surface area contributed by atoms with Crippen molar-refractivity contribution in [2.45, 2.75) is 13.8 Å². The van der Waals surface area contributed by atoms with E-state index in [4.69, 9.17) is 9.84 Å². The molecular weight excluding hydrogens is 276 g/mol. The van der Waals surface area contributed by atoms with E-state index in [-0.39, 0.29) is 22.9 Å². The van der Waals surface area contributed by atoms with Gasteiger partial charge in [0.2, 0.25) is 0 Å². The molecule has 0 atom stereocenters. The number of nitro groups is 1. The van der Waals surface area contributed by atoms with Crippen molar-refractivity contribution in [1.29, 1.82) is 0 Å². The largest absolute Gasteiger partial charge is 0.478 e. The van der Waals surface area contributed by atoms with Gasteiger partial charge in [-0.05, 0) is 37.6 Å². The minimum atomic E-state index is -1.18. The van der Waals surface area contributed by atoms with Crippen LogP contribution < -0.4 is 4.74 Å². The molecule has 0 unspecified atom stereocenters. The van der Waals surface area contributed by atoms with Gasteiger partial charge in [-0.1, -0.05) is 6.07 Å². The van der Waals surface area contributed by atoms with Crippen molar-refractivity contribution in [3.63, 3.8) is 0 Å². The molecule has 1 N–H and O–H groups in total. The monoisotopic (exact) mass is 288 g/mol. The van der Waals surface area contributed by atoms with Crippen molar-refractivity contribution < 1.29 is 19.6 Å². The number of aromatic nitrogens is 1. The van der Waals surface area contributed by atoms with E-state index in [1.165, 1.54) is 24.3 Å². The Morgan fingerprint density at radius 2 is 2.00 bits per heavy atom. The molecule has 1 aromatic heterocycles. The maximum Gasteiger partial charge on any atom is 0.339 e. The van der Waals surface area contributed by atoms with Gasteiger partial charge >= 0.3 is 11.7 Å². The molecule has 7 nitrogen and oxygen atoms in total. The highest BCUT2D eigenvalue weighted by Crippen LogP contribution is 2.31. The van der Waals surface area contributed by atoms with Crippen LogP contribution in [0.2, 0.25) is 0 Å². The van der Waals surface area contributed by atoms with Crippen molar-refractivity contribution in [1.82, 2.24) is 4.98 Å². The number of benzene rings is 1. The summed E-state index contributed by atoms with van der Waals surface area (Å²) in [6.45, 7) is 3.42. The molecule has 7 heteroatoms. The molecule has 0 aliphatic heterocycles. The first-order valence-electron chi connectivity index (χ1n) is 6.02. The minimum Gasteiger partial charge on any atom is -0.478 e. The van der Waals surface area contributed by atoms with Crippen LogP contribution >= 0.6 is 0 Å². The Labute approximate surface area is 120 Å². The van der Waals surface area contributed by atoms with E-state index in [2.05, 4.69) is 4.98 Å². The third-order valence-electron chi connectivity index (χ3n) is 2.75. The van der Waals surface area contributed by atoms with Gasteiger partial charge < -0.3 is 9.84 Å². The molecule has 0 aliphatic rings. The molecule has 0 aliphatic carbocycles. The Morgan fingerprint density at radius 1 is 1.29 bits per heavy atom. The van der Waals surface area contributed by atoms with E-state index in [1.807, 2.05) is 0 Å². The highest BCUT2D eigenvalue weighted by molar-refractivity contribution is 5.91. The molecule has 0 amide bonds. The second kappa shape index (κ2) is 5.58. The van der Waals surface area contributed by atoms with Crippen molar-refractivity contribution >= 4 is 11.7 Å². The third kappa shape index (κ3) is 3.14. The topological polar surface area (TPSA) is 103 Å². The lowest BCUT2D eigenvalue weighted by atomic mass is 10.1. The van der Waals surface area contributed by atoms with E-state index in [0.717, 1.165) is 5.56 Å². The summed E-state index contributed by atoms with van der Waals surface area (Å²) in [5.41, 5.74) is 0.891. The Hall–Kier alpha value is -2.96. The fourth-order valence-electron chi connectivity index (χ4n) is 1.73. The van der Waals surface area contributed by atoms with Crippen molar-refractivity contribution in [2.75, 3.05) is 0 Å². The molecule has 21 heavy (non-hydrogen) atoms. The van der Waals surface area contributed by atoms with Crippen LogP contribution in [0.1, 0.15) is 21.6 Å². The van der Waals surface area contributed by atoms with Crippen LogP contribution in [0.3, 0.4) is 0 Å². The Bertz CT molecular complexity index is 666. The lowest BCUT2D eigenvalue weighted by Crippen LogP contribution is -2.03. The van der Waals surface area contributed by atoms with Crippen LogP contribution in [0.25, 0.3) is 0 Å². The predicted molar refractivity (Wildman–Crippen MR) is 73.8 cm³/mol. The zero-order valence-corrected chi connectivity index (χ0v) is 11.4. The first kappa shape index (κ1) is 14.4. The Morgan fingerprint density at radius 3 is 2.62 bits per heavy atom. The van der Waals surface area contributed by atoms with Crippen LogP contribution in [0.5, 0.6) is 11.6 Å². The van der Waals surface area contributed by atoms with Gasteiger partial charge in [0.15, 0.2) is 0 Å². The first-order chi connectivity index (χ1) is 9.88. The summed E-state index contributed by atoms with van der Waals surface area (Å²) < 4.78 is 5.39. The predicted octanol–water partition coefficient (Wildman–Crippen LogP) is 3.10. The Kier molecular flexibility index (Phi) is 3.84. The average Bonchev–Trinajstić information content (AvgIpc) is 2.38. The lowest BCUT2D eigenvalue weighted by molar-refractivity contribution is -0.386. The quantitative estimate of drug-likeness (QED) is 0.685. The number of nitrogens with zero attached hydrogens (tertiary/aromatic N) is 2. The normalized spacial score (nSPS) is 10.2. The number of rotatable bonds is 4. The number of carboxylic acid groups (broad SMARTS) is 1. The average molecular weight is 288 g/mol. The number of pyridine rings is 1. The molecular formula is C14H12N2O5. The summed E-state index contributed by atoms with van der Waals surface area (Å²) in [6, 6.07) is 7.26. The molecule has 0 radical (unpaired) electrons. The fourth-order valence-corrected chi connectivity index (χ4v) is 1.73. The number of carboxylic acids is 1. The van der Waals surface area contributed by atoms with E-state index in [1.54, 1.807) is 19.9 Å². The molecule has 1 heterocycles. The number of carbonyl (C=O) groups is 1. The van der Waals surface area contributed by atoms with Crippen molar-refractivity contribution in [3.8, 4) is 11.6 Å². The Balaban J connectivity index is 2.52. The van der Waals surface area contributed by atoms with Gasteiger partial charge in [0.1, 0.15) is 11.3 Å². The standard InChI is InChI=1S/C14H12N2O5/c1-8-3-5-10(14(17)18)12(7-8)21-13-11(16(19)20)6-4-9(2)15-13/h3-7H,1-2H3,(H,17,18). The van der Waals surface area contributed by atoms with Crippen LogP contribution in [0, 0.1) is 24.0 Å². The third-order valence-corrected chi connectivity index (χ3v) is 2.75. The maximum absolute atomic E-state index is 11.2. The van der Waals surface area contributed by atoms with Crippen LogP contribution in [-0.2, 0) is 0 Å². The van der Waals surface area contributed by atoms with Crippen molar-refractivity contribution in [2.24, 2.45) is 0 Å². The zero-order valence-electron chi connectivity index (χ0n) is 11.4. The molecule has 0 spiro atoms. The summed E-state index contributed by atoms with van der Waals surface area (Å²) in [4.78, 5) is 25.5. The van der Waals surface area contributed by atoms with E-state index in [9.17, 15) is 14.9 Å². The van der Waals surface area contributed by atoms with Gasteiger partial charge in [0.05, 0.1) is 4.92 Å². The highest BCUT2D eigenvalue weighted by atomic mass is 16.6. The number of aryl methyl sites for hydroxylation is 2. The number of ether oxygens (including phenoxy) is 1. The molecule has 1 aromatic carbocycles. The van der Waals surface area contributed by atoms with Gasteiger partial charge in [0.25, 0.3) is 5.88 Å². The van der Waals surface area contributed by atoms with Gasteiger partial charge in [-0.3, -0.25) is 10.1 Å². The molecule has 0 fully saturated rings. The summed E-state index contributed by atoms with van der Waals surface area (Å²) in [5, 5.41) is 20.1. The number of hydrogen-bond donors (Lipinski definition) is 1. The van der Waals surface area contributed by atoms with Crippen molar-refractivity contribution in [3.05, 3.63) is 57.3 Å². The highest BCUT2D eigenvalue weighted by Gasteiger charge is 2.20. The molecule has 2 rings (SSSR count). The fraction of sp³-hybridized carbons (Fsp3) is 0.143. The van der Waals surface area contributed by atoms with E-state index >= 15 is 0 Å². The number of aromatic carboxylic acids is 1. The van der Waals surface area contributed by atoms with Gasteiger partial charge in [-0.2, -0.15) is 0 Å². The minimum absolute atomic E-state index is 0.0173. The van der Waals surface area contributed by atoms with Gasteiger partial charge in [-0.25, -0.2) is 9.78 Å². The zero-order chi connectivity index (χ0) is 15.6. The molecule has 0 bridgehead atoms. The van der Waals surface area contributed by atoms with E-state index < -0.39 is 10.9 Å². The summed E-state index contributed by atoms with van der Waals surface area (Å²) in [5.74, 6) is -1.39. The van der Waals surface area contributed by atoms with Gasteiger partial charge in [-0.15, -0.1) is 0 Å². The van der Waals surface area contributed by atoms with Crippen LogP contribution in [0.4, 0.5) is 5.69 Å². The lowest BCUT2D eigenvalue weighted by Gasteiger charge is -2.09. The van der Waals surface area contributed by atoms with Crippen LogP contribution in [-0.4, -0.2) is 21.0 Å². The summed E-state index contributed by atoms with van der Waals surface area (Å²) >= 11 is 0. The summed E-state index contributed by atoms with van der Waals surface area (Å²) in [7, 11) is 0. The first-order valence-corrected chi connectivity index (χ1v) is 6.02. The molecule has 108 valence electrons. The SMILES string of the molecule is Cc1ccc(C(=O)O)c(Oc2nc(C)ccc2[N+](=O)[O-])c1. The van der Waals surface area contributed by atoms with E-state index in [0.29, 0.717) is 5.69 Å². The molecule has 0 saturated heterocycles. The second-order valence-corrected chi connectivity index (χ2v) is 4.44. The van der Waals surface area contributed by atoms with Crippen LogP contribution in [0.15, 0.2) is 30.3 Å². The second-order valence-electron chi connectivity index (χ2n) is 4.44. The smallest absolute Gasteiger partial charge is 0.339 e. The van der Waals surface area contributed by atoms with Gasteiger partial charge in [0, 0.05) is 11.8 Å². The maximum atomic E-state index is 11.2. The molecule has 0 saturated carbocycles. The summed E-state index contributed by atoms with van der Waals surface area (Å²) in [6.07, 6.45) is 0. The number of hydrogen-bond acceptors (Lipinski definition) is 5. The molecule has 2 aromatic rings.